The summed E-state index contributed by atoms with van der Waals surface area (Å²) in [5, 5.41) is 3.18. The number of methoxy groups -OCH3 is 1. The number of hydrogen-bond donors (Lipinski definition) is 2. The SMILES string of the molecule is CNc1ccccc1S(=O)(=O)Nc1ccc(OC)c(Cl)c1. The van der Waals surface area contributed by atoms with Gasteiger partial charge in [-0.3, -0.25) is 4.72 Å². The molecule has 2 rings (SSSR count). The van der Waals surface area contributed by atoms with Crippen molar-refractivity contribution in [2.45, 2.75) is 4.90 Å². The lowest BCUT2D eigenvalue weighted by atomic mass is 10.3. The first-order valence-corrected chi connectivity index (χ1v) is 7.97. The van der Waals surface area contributed by atoms with Gasteiger partial charge in [0.15, 0.2) is 0 Å². The molecule has 0 aliphatic rings. The first-order valence-electron chi connectivity index (χ1n) is 6.11. The third kappa shape index (κ3) is 3.40. The predicted molar refractivity (Wildman–Crippen MR) is 84.8 cm³/mol. The smallest absolute Gasteiger partial charge is 0.263 e. The number of benzene rings is 2. The van der Waals surface area contributed by atoms with Crippen LogP contribution in [-0.2, 0) is 10.0 Å². The molecule has 0 heterocycles. The highest BCUT2D eigenvalue weighted by atomic mass is 35.5. The molecule has 0 unspecified atom stereocenters. The zero-order valence-electron chi connectivity index (χ0n) is 11.6. The van der Waals surface area contributed by atoms with E-state index in [0.717, 1.165) is 0 Å². The van der Waals surface area contributed by atoms with Crippen molar-refractivity contribution < 1.29 is 13.2 Å². The van der Waals surface area contributed by atoms with Crippen LogP contribution in [0.3, 0.4) is 0 Å². The molecule has 0 saturated carbocycles. The molecule has 5 nitrogen and oxygen atoms in total. The first kappa shape index (κ1) is 15.5. The van der Waals surface area contributed by atoms with E-state index < -0.39 is 10.0 Å². The lowest BCUT2D eigenvalue weighted by Crippen LogP contribution is -2.14. The Hall–Kier alpha value is -1.92. The van der Waals surface area contributed by atoms with Crippen molar-refractivity contribution in [1.82, 2.24) is 0 Å². The second-order valence-electron chi connectivity index (χ2n) is 4.20. The Bertz CT molecular complexity index is 748. The van der Waals surface area contributed by atoms with E-state index in [0.29, 0.717) is 22.1 Å². The summed E-state index contributed by atoms with van der Waals surface area (Å²) < 4.78 is 32.4. The zero-order valence-corrected chi connectivity index (χ0v) is 13.1. The van der Waals surface area contributed by atoms with Crippen LogP contribution in [0.15, 0.2) is 47.4 Å². The first-order chi connectivity index (χ1) is 9.97. The summed E-state index contributed by atoms with van der Waals surface area (Å²) in [6.45, 7) is 0. The van der Waals surface area contributed by atoms with Crippen molar-refractivity contribution in [3.8, 4) is 5.75 Å². The fraction of sp³-hybridized carbons (Fsp3) is 0.143. The highest BCUT2D eigenvalue weighted by molar-refractivity contribution is 7.92. The Kier molecular flexibility index (Phi) is 4.59. The number of sulfonamides is 1. The Labute approximate surface area is 128 Å². The molecule has 21 heavy (non-hydrogen) atoms. The average Bonchev–Trinajstić information content (AvgIpc) is 2.47. The molecule has 0 fully saturated rings. The maximum absolute atomic E-state index is 12.4. The van der Waals surface area contributed by atoms with Crippen LogP contribution < -0.4 is 14.8 Å². The van der Waals surface area contributed by atoms with Crippen molar-refractivity contribution >= 4 is 33.0 Å². The van der Waals surface area contributed by atoms with E-state index in [1.807, 2.05) is 0 Å². The number of ether oxygens (including phenoxy) is 1. The van der Waals surface area contributed by atoms with Gasteiger partial charge in [-0.15, -0.1) is 0 Å². The molecule has 7 heteroatoms. The summed E-state index contributed by atoms with van der Waals surface area (Å²) >= 11 is 5.99. The van der Waals surface area contributed by atoms with Crippen molar-refractivity contribution in [2.24, 2.45) is 0 Å². The van der Waals surface area contributed by atoms with Crippen molar-refractivity contribution in [3.05, 3.63) is 47.5 Å². The predicted octanol–water partition coefficient (Wildman–Crippen LogP) is 3.19. The number of nitrogens with one attached hydrogen (secondary N) is 2. The van der Waals surface area contributed by atoms with Gasteiger partial charge in [-0.2, -0.15) is 0 Å². The normalized spacial score (nSPS) is 11.0. The van der Waals surface area contributed by atoms with Crippen LogP contribution in [-0.4, -0.2) is 22.6 Å². The van der Waals surface area contributed by atoms with E-state index >= 15 is 0 Å². The Morgan fingerprint density at radius 2 is 1.86 bits per heavy atom. The summed E-state index contributed by atoms with van der Waals surface area (Å²) in [5.41, 5.74) is 0.885. The lowest BCUT2D eigenvalue weighted by molar-refractivity contribution is 0.415. The van der Waals surface area contributed by atoms with Gasteiger partial charge in [-0.25, -0.2) is 8.42 Å². The molecule has 0 bridgehead atoms. The summed E-state index contributed by atoms with van der Waals surface area (Å²) in [6, 6.07) is 11.3. The molecule has 112 valence electrons. The Balaban J connectivity index is 2.35. The van der Waals surface area contributed by atoms with E-state index in [-0.39, 0.29) is 4.90 Å². The van der Waals surface area contributed by atoms with Gasteiger partial charge in [0.2, 0.25) is 0 Å². The summed E-state index contributed by atoms with van der Waals surface area (Å²) in [5.74, 6) is 0.482. The van der Waals surface area contributed by atoms with Crippen LogP contribution in [0, 0.1) is 0 Å². The highest BCUT2D eigenvalue weighted by Crippen LogP contribution is 2.29. The van der Waals surface area contributed by atoms with E-state index in [2.05, 4.69) is 10.0 Å². The van der Waals surface area contributed by atoms with E-state index in [1.165, 1.54) is 19.2 Å². The number of anilines is 2. The molecular formula is C14H15ClN2O3S. The maximum Gasteiger partial charge on any atom is 0.263 e. The van der Waals surface area contributed by atoms with E-state index in [1.54, 1.807) is 37.4 Å². The molecule has 0 aromatic heterocycles. The average molecular weight is 327 g/mol. The molecule has 2 aromatic carbocycles. The topological polar surface area (TPSA) is 67.4 Å². The number of para-hydroxylation sites is 1. The third-order valence-corrected chi connectivity index (χ3v) is 4.58. The van der Waals surface area contributed by atoms with Gasteiger partial charge in [0, 0.05) is 7.05 Å². The van der Waals surface area contributed by atoms with Crippen molar-refractivity contribution in [1.29, 1.82) is 0 Å². The monoisotopic (exact) mass is 326 g/mol. The van der Waals surface area contributed by atoms with Crippen LogP contribution in [0.5, 0.6) is 5.75 Å². The fourth-order valence-electron chi connectivity index (χ4n) is 1.85. The standard InChI is InChI=1S/C14H15ClN2O3S/c1-16-12-5-3-4-6-14(12)21(18,19)17-10-7-8-13(20-2)11(15)9-10/h3-9,16-17H,1-2H3. The number of rotatable bonds is 5. The molecule has 0 saturated heterocycles. The highest BCUT2D eigenvalue weighted by Gasteiger charge is 2.18. The zero-order chi connectivity index (χ0) is 15.5. The third-order valence-electron chi connectivity index (χ3n) is 2.85. The van der Waals surface area contributed by atoms with Crippen LogP contribution in [0.25, 0.3) is 0 Å². The molecule has 0 atom stereocenters. The van der Waals surface area contributed by atoms with Crippen LogP contribution >= 0.6 is 11.6 Å². The quantitative estimate of drug-likeness (QED) is 0.885. The summed E-state index contributed by atoms with van der Waals surface area (Å²) in [7, 11) is -0.545. The Morgan fingerprint density at radius 1 is 1.14 bits per heavy atom. The van der Waals surface area contributed by atoms with Gasteiger partial charge in [-0.1, -0.05) is 23.7 Å². The van der Waals surface area contributed by atoms with Gasteiger partial charge in [0.1, 0.15) is 10.6 Å². The van der Waals surface area contributed by atoms with Crippen LogP contribution in [0.1, 0.15) is 0 Å². The summed E-state index contributed by atoms with van der Waals surface area (Å²) in [4.78, 5) is 0.166. The van der Waals surface area contributed by atoms with Gasteiger partial charge in [0.05, 0.1) is 23.5 Å². The van der Waals surface area contributed by atoms with Gasteiger partial charge in [-0.05, 0) is 30.3 Å². The minimum atomic E-state index is -3.70. The minimum Gasteiger partial charge on any atom is -0.495 e. The number of hydrogen-bond acceptors (Lipinski definition) is 4. The van der Waals surface area contributed by atoms with E-state index in [9.17, 15) is 8.42 Å². The van der Waals surface area contributed by atoms with Crippen LogP contribution in [0.4, 0.5) is 11.4 Å². The van der Waals surface area contributed by atoms with Gasteiger partial charge >= 0.3 is 0 Å². The Morgan fingerprint density at radius 3 is 2.48 bits per heavy atom. The fourth-order valence-corrected chi connectivity index (χ4v) is 3.37. The molecule has 0 aliphatic heterocycles. The van der Waals surface area contributed by atoms with Crippen LogP contribution in [0.2, 0.25) is 5.02 Å². The second-order valence-corrected chi connectivity index (χ2v) is 6.26. The van der Waals surface area contributed by atoms with Crippen molar-refractivity contribution in [3.63, 3.8) is 0 Å². The molecule has 2 N–H and O–H groups in total. The van der Waals surface area contributed by atoms with E-state index in [4.69, 9.17) is 16.3 Å². The molecule has 0 amide bonds. The molecule has 0 aliphatic carbocycles. The maximum atomic E-state index is 12.4. The lowest BCUT2D eigenvalue weighted by Gasteiger charge is -2.12. The molecule has 0 radical (unpaired) electrons. The molecular weight excluding hydrogens is 312 g/mol. The summed E-state index contributed by atoms with van der Waals surface area (Å²) in [6.07, 6.45) is 0. The minimum absolute atomic E-state index is 0.166. The molecule has 2 aromatic rings. The van der Waals surface area contributed by atoms with Gasteiger partial charge < -0.3 is 10.1 Å². The number of halogens is 1. The molecule has 0 spiro atoms. The van der Waals surface area contributed by atoms with Crippen molar-refractivity contribution in [2.75, 3.05) is 24.2 Å². The largest absolute Gasteiger partial charge is 0.495 e. The second kappa shape index (κ2) is 6.24. The van der Waals surface area contributed by atoms with Gasteiger partial charge in [0.25, 0.3) is 10.0 Å².